The van der Waals surface area contributed by atoms with Gasteiger partial charge in [-0.15, -0.1) is 11.4 Å². The molecular formula is C55H23F15MnN4OP-. The molecular weight excluding hydrogens is 1100 g/mol. The summed E-state index contributed by atoms with van der Waals surface area (Å²) in [6.07, 6.45) is 0. The SMILES string of the molecule is Fc1c(F)c(F)c([C+]2c3ccc([n-]3)-c3ccc([n-]3)[C+](c3c(F)c(F)c(F)c(F)c3F)c3ccc([n-]3)[C+](c3c(F)c(F)c(F)c(F)c3F)c3ccc2[n-]3)c(F)c1F.O=P(c1ccccc1)(c1ccccc1)c1ccccc1.[Mn]. The predicted octanol–water partition coefficient (Wildman–Crippen LogP) is 12.0. The van der Waals surface area contributed by atoms with Crippen LogP contribution in [0.5, 0.6) is 0 Å². The third kappa shape index (κ3) is 8.87. The van der Waals surface area contributed by atoms with Gasteiger partial charge in [-0.2, -0.15) is 65.9 Å². The van der Waals surface area contributed by atoms with Crippen molar-refractivity contribution in [3.63, 3.8) is 0 Å². The first-order chi connectivity index (χ1) is 36.3. The van der Waals surface area contributed by atoms with Gasteiger partial charge in [0, 0.05) is 75.0 Å². The summed E-state index contributed by atoms with van der Waals surface area (Å²) in [5, 5.41) is 2.62. The summed E-state index contributed by atoms with van der Waals surface area (Å²) in [5.74, 6) is -40.0. The molecule has 0 saturated heterocycles. The summed E-state index contributed by atoms with van der Waals surface area (Å²) in [4.78, 5) is 16.3. The maximum Gasteiger partial charge on any atom is 0.238 e. The molecule has 8 bridgehead atoms. The van der Waals surface area contributed by atoms with Crippen LogP contribution < -0.4 is 35.8 Å². The topological polar surface area (TPSA) is 73.5 Å². The second-order valence-electron chi connectivity index (χ2n) is 16.4. The molecule has 0 fully saturated rings. The summed E-state index contributed by atoms with van der Waals surface area (Å²) in [6, 6.07) is 36.3. The molecule has 0 amide bonds. The molecule has 11 rings (SSSR count). The standard InChI is InChI=1S/C37H8F15N4.C18H15OP.Mn/c38-23-20(24(39)30(45)35(50)29(23)44)17-11-3-1-9(53-11)10-2-4-12(54-10)18(21-25(40)31(46)36(51)32(47)26(21)41)14-6-8-16(56-14)19(15-7-5-13(17)55-15)22-27(42)33(48)37(52)34(49)28(22)43;19-20(16-10-4-1-5-11-16,17-12-6-2-7-13-17)18-14-8-3-9-15-18;/h1-8H;1-15H;/q-1;;. The first kappa shape index (κ1) is 53.6. The van der Waals surface area contributed by atoms with Gasteiger partial charge >= 0.3 is 0 Å². The Morgan fingerprint density at radius 3 is 0.688 bits per heavy atom. The molecule has 0 spiro atoms. The number of nitrogens with zero attached hydrogens (tertiary/aromatic N) is 4. The van der Waals surface area contributed by atoms with Crippen molar-refractivity contribution in [2.45, 2.75) is 0 Å². The van der Waals surface area contributed by atoms with Gasteiger partial charge in [0.05, 0.1) is 0 Å². The average molecular weight is 1130 g/mol. The molecule has 6 aromatic carbocycles. The maximum absolute atomic E-state index is 15.5. The molecule has 77 heavy (non-hydrogen) atoms. The van der Waals surface area contributed by atoms with Crippen molar-refractivity contribution in [1.29, 1.82) is 0 Å². The van der Waals surface area contributed by atoms with E-state index in [9.17, 15) is 44.1 Å². The van der Waals surface area contributed by atoms with Crippen LogP contribution >= 0.6 is 7.14 Å². The van der Waals surface area contributed by atoms with Crippen LogP contribution in [0, 0.1) is 105 Å². The molecule has 22 heteroatoms. The normalized spacial score (nSPS) is 12.2. The Morgan fingerprint density at radius 2 is 0.455 bits per heavy atom. The van der Waals surface area contributed by atoms with E-state index in [0.717, 1.165) is 64.4 Å². The fourth-order valence-corrected chi connectivity index (χ4v) is 11.2. The van der Waals surface area contributed by atoms with Crippen molar-refractivity contribution in [1.82, 2.24) is 19.9 Å². The van der Waals surface area contributed by atoms with E-state index in [1.54, 1.807) is 0 Å². The van der Waals surface area contributed by atoms with E-state index in [4.69, 9.17) is 0 Å². The average Bonchev–Trinajstić information content (AvgIpc) is 4.32. The summed E-state index contributed by atoms with van der Waals surface area (Å²) in [7, 11) is -2.78. The van der Waals surface area contributed by atoms with Gasteiger partial charge in [0.15, 0.2) is 23.8 Å². The Morgan fingerprint density at radius 1 is 0.260 bits per heavy atom. The second kappa shape index (κ2) is 20.7. The molecule has 5 heterocycles. The molecule has 387 valence electrons. The first-order valence-electron chi connectivity index (χ1n) is 21.9. The van der Waals surface area contributed by atoms with Crippen molar-refractivity contribution in [3.05, 3.63) is 295 Å². The van der Waals surface area contributed by atoms with Crippen LogP contribution in [0.15, 0.2) is 140 Å². The zero-order chi connectivity index (χ0) is 54.1. The Bertz CT molecular complexity index is 3580. The van der Waals surface area contributed by atoms with Crippen molar-refractivity contribution >= 4 is 23.1 Å². The van der Waals surface area contributed by atoms with Gasteiger partial charge < -0.3 is 24.5 Å². The number of halogens is 15. The number of rotatable bonds is 6. The number of fused-ring (bicyclic) bond motifs is 9. The molecule has 0 N–H and O–H groups in total. The molecule has 0 aliphatic carbocycles. The third-order valence-corrected chi connectivity index (χ3v) is 15.2. The van der Waals surface area contributed by atoms with Crippen LogP contribution in [-0.2, 0) is 21.6 Å². The van der Waals surface area contributed by atoms with Crippen molar-refractivity contribution in [3.8, 4) is 11.4 Å². The Balaban J connectivity index is 0.000000288. The van der Waals surface area contributed by atoms with Gasteiger partial charge in [-0.05, 0) is 47.0 Å². The van der Waals surface area contributed by atoms with Gasteiger partial charge in [-0.1, -0.05) is 102 Å². The number of aromatic nitrogens is 4. The van der Waals surface area contributed by atoms with E-state index in [-0.39, 0.29) is 28.5 Å². The molecule has 1 radical (unpaired) electrons. The van der Waals surface area contributed by atoms with Crippen LogP contribution in [0.4, 0.5) is 65.9 Å². The van der Waals surface area contributed by atoms with Crippen LogP contribution in [-0.4, -0.2) is 0 Å². The van der Waals surface area contributed by atoms with Gasteiger partial charge in [-0.3, -0.25) is 0 Å². The quantitative estimate of drug-likeness (QED) is 0.0414. The molecule has 0 saturated carbocycles. The van der Waals surface area contributed by atoms with Crippen LogP contribution in [0.1, 0.15) is 50.9 Å². The number of benzene rings is 6. The van der Waals surface area contributed by atoms with Crippen LogP contribution in [0.25, 0.3) is 11.4 Å². The summed E-state index contributed by atoms with van der Waals surface area (Å²) in [6.45, 7) is 0. The fourth-order valence-electron chi connectivity index (χ4n) is 8.57. The van der Waals surface area contributed by atoms with E-state index in [0.29, 0.717) is 0 Å². The number of hydrogen-bond donors (Lipinski definition) is 0. The van der Waals surface area contributed by atoms with E-state index in [1.165, 1.54) is 0 Å². The zero-order valence-electron chi connectivity index (χ0n) is 38.0. The minimum absolute atomic E-state index is 0. The van der Waals surface area contributed by atoms with E-state index in [2.05, 4.69) is 19.9 Å². The molecule has 1 aliphatic heterocycles. The minimum atomic E-state index is -2.78. The molecule has 5 nitrogen and oxygen atoms in total. The van der Waals surface area contributed by atoms with E-state index >= 15 is 26.3 Å². The van der Waals surface area contributed by atoms with Crippen molar-refractivity contribution < 1.29 is 87.5 Å². The molecule has 0 atom stereocenters. The molecule has 1 aliphatic rings. The Hall–Kier alpha value is -8.25. The summed E-state index contributed by atoms with van der Waals surface area (Å²) < 4.78 is 237. The van der Waals surface area contributed by atoms with Crippen molar-refractivity contribution in [2.24, 2.45) is 0 Å². The fraction of sp³-hybridized carbons (Fsp3) is 0. The molecule has 0 unspecified atom stereocenters. The smallest absolute Gasteiger partial charge is 0.238 e. The van der Waals surface area contributed by atoms with Crippen LogP contribution in [0.3, 0.4) is 0 Å². The number of hydrogen-bond acceptors (Lipinski definition) is 1. The zero-order valence-corrected chi connectivity index (χ0v) is 40.0. The minimum Gasteiger partial charge on any atom is -0.644 e. The molecule has 4 aromatic heterocycles. The monoisotopic (exact) mass is 1130 g/mol. The maximum atomic E-state index is 15.5. The first-order valence-corrected chi connectivity index (χ1v) is 23.6. The van der Waals surface area contributed by atoms with Gasteiger partial charge in [-0.25, -0.2) is 0 Å². The van der Waals surface area contributed by atoms with Gasteiger partial charge in [0.1, 0.15) is 0 Å². The Kier molecular flexibility index (Phi) is 14.4. The van der Waals surface area contributed by atoms with Gasteiger partial charge in [0.25, 0.3) is 0 Å². The van der Waals surface area contributed by atoms with E-state index < -0.39 is 163 Å². The summed E-state index contributed by atoms with van der Waals surface area (Å²) in [5.41, 5.74) is -9.94. The van der Waals surface area contributed by atoms with Gasteiger partial charge in [0.2, 0.25) is 87.3 Å². The largest absolute Gasteiger partial charge is 0.644 e. The third-order valence-electron chi connectivity index (χ3n) is 12.1. The summed E-state index contributed by atoms with van der Waals surface area (Å²) >= 11 is 0. The second-order valence-corrected chi connectivity index (χ2v) is 19.2. The predicted molar refractivity (Wildman–Crippen MR) is 244 cm³/mol. The molecule has 10 aromatic rings. The Labute approximate surface area is 435 Å². The van der Waals surface area contributed by atoms with Crippen LogP contribution in [0.2, 0.25) is 0 Å². The van der Waals surface area contributed by atoms with E-state index in [1.807, 2.05) is 91.0 Å². The van der Waals surface area contributed by atoms with Crippen molar-refractivity contribution in [2.75, 3.05) is 0 Å².